The van der Waals surface area contributed by atoms with E-state index in [-0.39, 0.29) is 23.7 Å². The summed E-state index contributed by atoms with van der Waals surface area (Å²) in [6.45, 7) is 5.85. The standard InChI is InChI=1S/C24H32N2O5/c1-6-15-12-26-10-9-24(19(26)11-16(15)17(13-29-3)23(28)31-5)22(27)20-18(30-4)8-7-14(2)21(20)25-24/h7-8,13,15-16,19,25H,6,9-12H2,1-5H3/b17-13+/t15-,16+,19?,24+/m1/s1. The third-order valence-electron chi connectivity index (χ3n) is 7.48. The van der Waals surface area contributed by atoms with Crippen LogP contribution in [-0.4, -0.2) is 62.7 Å². The molecule has 4 atom stereocenters. The highest BCUT2D eigenvalue weighted by molar-refractivity contribution is 6.16. The molecule has 3 aliphatic heterocycles. The molecule has 0 bridgehead atoms. The van der Waals surface area contributed by atoms with E-state index in [1.807, 2.05) is 19.1 Å². The number of anilines is 1. The third-order valence-corrected chi connectivity index (χ3v) is 7.48. The maximum atomic E-state index is 13.9. The summed E-state index contributed by atoms with van der Waals surface area (Å²) in [7, 11) is 4.54. The SMILES string of the molecule is CC[C@@H]1CN2CC[C@]3(Nc4c(C)ccc(OC)c4C3=O)C2C[C@@H]1/C(=C\OC)C(=O)OC. The number of nitrogens with zero attached hydrogens (tertiary/aromatic N) is 1. The Morgan fingerprint density at radius 2 is 2.10 bits per heavy atom. The van der Waals surface area contributed by atoms with Crippen LogP contribution in [0.5, 0.6) is 5.75 Å². The molecule has 1 aromatic rings. The summed E-state index contributed by atoms with van der Waals surface area (Å²) < 4.78 is 15.8. The lowest BCUT2D eigenvalue weighted by atomic mass is 9.72. The number of nitrogens with one attached hydrogen (secondary N) is 1. The summed E-state index contributed by atoms with van der Waals surface area (Å²) >= 11 is 0. The molecule has 1 unspecified atom stereocenters. The fourth-order valence-corrected chi connectivity index (χ4v) is 5.87. The number of rotatable bonds is 5. The van der Waals surface area contributed by atoms with Gasteiger partial charge in [0.15, 0.2) is 5.78 Å². The first-order valence-corrected chi connectivity index (χ1v) is 11.0. The van der Waals surface area contributed by atoms with Crippen molar-refractivity contribution in [1.82, 2.24) is 4.90 Å². The third kappa shape index (κ3) is 3.21. The van der Waals surface area contributed by atoms with Gasteiger partial charge in [-0.3, -0.25) is 9.69 Å². The molecule has 2 fully saturated rings. The molecule has 1 aromatic carbocycles. The second-order valence-electron chi connectivity index (χ2n) is 8.83. The van der Waals surface area contributed by atoms with Crippen molar-refractivity contribution in [2.24, 2.45) is 11.8 Å². The Kier molecular flexibility index (Phi) is 5.73. The zero-order valence-electron chi connectivity index (χ0n) is 19.0. The number of benzene rings is 1. The first kappa shape index (κ1) is 21.7. The van der Waals surface area contributed by atoms with Crippen LogP contribution in [0.4, 0.5) is 5.69 Å². The summed E-state index contributed by atoms with van der Waals surface area (Å²) in [4.78, 5) is 28.8. The number of methoxy groups -OCH3 is 3. The highest BCUT2D eigenvalue weighted by atomic mass is 16.5. The fourth-order valence-electron chi connectivity index (χ4n) is 5.87. The maximum Gasteiger partial charge on any atom is 0.337 e. The van der Waals surface area contributed by atoms with Crippen molar-refractivity contribution in [3.8, 4) is 5.75 Å². The molecule has 0 radical (unpaired) electrons. The molecule has 0 aliphatic carbocycles. The van der Waals surface area contributed by atoms with Crippen LogP contribution in [0.2, 0.25) is 0 Å². The van der Waals surface area contributed by atoms with Crippen molar-refractivity contribution >= 4 is 17.4 Å². The minimum Gasteiger partial charge on any atom is -0.504 e. The lowest BCUT2D eigenvalue weighted by Crippen LogP contribution is -2.57. The van der Waals surface area contributed by atoms with Crippen LogP contribution in [0, 0.1) is 18.8 Å². The smallest absolute Gasteiger partial charge is 0.337 e. The van der Waals surface area contributed by atoms with Crippen LogP contribution >= 0.6 is 0 Å². The van der Waals surface area contributed by atoms with Crippen molar-refractivity contribution in [3.05, 3.63) is 35.1 Å². The van der Waals surface area contributed by atoms with E-state index in [0.29, 0.717) is 29.2 Å². The number of carbonyl (C=O) groups is 2. The maximum absolute atomic E-state index is 13.9. The van der Waals surface area contributed by atoms with Gasteiger partial charge in [0.05, 0.1) is 44.4 Å². The van der Waals surface area contributed by atoms with Gasteiger partial charge in [-0.15, -0.1) is 0 Å². The monoisotopic (exact) mass is 428 g/mol. The van der Waals surface area contributed by atoms with Crippen molar-refractivity contribution in [1.29, 1.82) is 0 Å². The highest BCUT2D eigenvalue weighted by Crippen LogP contribution is 2.51. The van der Waals surface area contributed by atoms with Gasteiger partial charge in [0, 0.05) is 19.1 Å². The Morgan fingerprint density at radius 1 is 1.32 bits per heavy atom. The molecule has 2 saturated heterocycles. The number of ether oxygens (including phenoxy) is 3. The molecule has 3 heterocycles. The van der Waals surface area contributed by atoms with E-state index in [0.717, 1.165) is 37.2 Å². The van der Waals surface area contributed by atoms with Crippen LogP contribution in [0.15, 0.2) is 24.0 Å². The van der Waals surface area contributed by atoms with Gasteiger partial charge in [-0.2, -0.15) is 0 Å². The molecule has 0 saturated carbocycles. The van der Waals surface area contributed by atoms with Gasteiger partial charge >= 0.3 is 5.97 Å². The largest absolute Gasteiger partial charge is 0.504 e. The Balaban J connectivity index is 1.73. The molecule has 31 heavy (non-hydrogen) atoms. The minimum atomic E-state index is -0.701. The van der Waals surface area contributed by atoms with Crippen molar-refractivity contribution in [3.63, 3.8) is 0 Å². The number of Topliss-reactive ketones (excluding diaryl/α,β-unsaturated/α-hetero) is 1. The van der Waals surface area contributed by atoms with Crippen molar-refractivity contribution in [2.45, 2.75) is 44.7 Å². The topological polar surface area (TPSA) is 77.1 Å². The second kappa shape index (κ2) is 8.19. The number of hydrogen-bond donors (Lipinski definition) is 1. The Bertz CT molecular complexity index is 927. The van der Waals surface area contributed by atoms with Gasteiger partial charge in [-0.05, 0) is 43.2 Å². The van der Waals surface area contributed by atoms with Crippen molar-refractivity contribution < 1.29 is 23.8 Å². The number of esters is 1. The zero-order valence-corrected chi connectivity index (χ0v) is 19.0. The predicted octanol–water partition coefficient (Wildman–Crippen LogP) is 3.17. The number of ketones is 1. The van der Waals surface area contributed by atoms with E-state index in [2.05, 4.69) is 17.1 Å². The number of aryl methyl sites for hydroxylation is 1. The predicted molar refractivity (Wildman–Crippen MR) is 117 cm³/mol. The van der Waals surface area contributed by atoms with Crippen LogP contribution in [0.25, 0.3) is 0 Å². The highest BCUT2D eigenvalue weighted by Gasteiger charge is 2.60. The molecule has 0 aromatic heterocycles. The molecular formula is C24H32N2O5. The summed E-state index contributed by atoms with van der Waals surface area (Å²) in [5.41, 5.74) is 2.41. The van der Waals surface area contributed by atoms with Gasteiger partial charge in [0.1, 0.15) is 11.3 Å². The molecule has 1 spiro atoms. The number of carbonyl (C=O) groups excluding carboxylic acids is 2. The quantitative estimate of drug-likeness (QED) is 0.438. The number of hydrogen-bond acceptors (Lipinski definition) is 7. The van der Waals surface area contributed by atoms with E-state index < -0.39 is 5.54 Å². The molecule has 3 aliphatic rings. The molecule has 1 N–H and O–H groups in total. The summed E-state index contributed by atoms with van der Waals surface area (Å²) in [6.07, 6.45) is 3.88. The average Bonchev–Trinajstić information content (AvgIpc) is 3.30. The molecule has 0 amide bonds. The van der Waals surface area contributed by atoms with Gasteiger partial charge in [-0.25, -0.2) is 4.79 Å². The Hall–Kier alpha value is -2.54. The summed E-state index contributed by atoms with van der Waals surface area (Å²) in [5, 5.41) is 3.63. The van der Waals surface area contributed by atoms with Gasteiger partial charge in [0.2, 0.25) is 0 Å². The van der Waals surface area contributed by atoms with E-state index in [4.69, 9.17) is 14.2 Å². The molecule has 4 rings (SSSR count). The normalized spacial score (nSPS) is 30.0. The minimum absolute atomic E-state index is 0.0192. The van der Waals surface area contributed by atoms with E-state index in [1.165, 1.54) is 13.4 Å². The molecular weight excluding hydrogens is 396 g/mol. The molecule has 168 valence electrons. The average molecular weight is 429 g/mol. The number of piperidine rings is 1. The Labute approximate surface area is 183 Å². The lowest BCUT2D eigenvalue weighted by molar-refractivity contribution is -0.137. The first-order valence-electron chi connectivity index (χ1n) is 11.0. The first-order chi connectivity index (χ1) is 14.9. The fraction of sp³-hybridized carbons (Fsp3) is 0.583. The lowest BCUT2D eigenvalue weighted by Gasteiger charge is -2.45. The van der Waals surface area contributed by atoms with Crippen LogP contribution < -0.4 is 10.1 Å². The van der Waals surface area contributed by atoms with Crippen LogP contribution in [0.1, 0.15) is 42.1 Å². The van der Waals surface area contributed by atoms with E-state index in [1.54, 1.807) is 14.2 Å². The summed E-state index contributed by atoms with van der Waals surface area (Å²) in [6, 6.07) is 3.83. The molecule has 7 nitrogen and oxygen atoms in total. The Morgan fingerprint density at radius 3 is 2.74 bits per heavy atom. The molecule has 7 heteroatoms. The van der Waals surface area contributed by atoms with Gasteiger partial charge < -0.3 is 19.5 Å². The zero-order chi connectivity index (χ0) is 22.3. The van der Waals surface area contributed by atoms with Gasteiger partial charge in [-0.1, -0.05) is 19.4 Å². The second-order valence-corrected chi connectivity index (χ2v) is 8.83. The van der Waals surface area contributed by atoms with Crippen LogP contribution in [-0.2, 0) is 14.3 Å². The van der Waals surface area contributed by atoms with Crippen molar-refractivity contribution in [2.75, 3.05) is 39.7 Å². The van der Waals surface area contributed by atoms with E-state index in [9.17, 15) is 9.59 Å². The van der Waals surface area contributed by atoms with Crippen LogP contribution in [0.3, 0.4) is 0 Å². The van der Waals surface area contributed by atoms with E-state index >= 15 is 0 Å². The summed E-state index contributed by atoms with van der Waals surface area (Å²) in [5.74, 6) is 0.607. The number of fused-ring (bicyclic) bond motifs is 3. The van der Waals surface area contributed by atoms with Gasteiger partial charge in [0.25, 0.3) is 0 Å².